The number of Topliss-reactive ketones (excluding diaryl/α,β-unsaturated/α-hetero) is 1. The first-order valence-corrected chi connectivity index (χ1v) is 5.03. The molecule has 13 heavy (non-hydrogen) atoms. The molecule has 1 heterocycles. The number of hydrogen-bond donors (Lipinski definition) is 2. The first kappa shape index (κ1) is 8.77. The number of allylic oxidation sites excluding steroid dienone is 1. The number of nitrogens with two attached hydrogens (primary N) is 1. The molecule has 1 fully saturated rings. The summed E-state index contributed by atoms with van der Waals surface area (Å²) < 4.78 is 0. The lowest BCUT2D eigenvalue weighted by atomic mass is 10.0. The second-order valence-electron chi connectivity index (χ2n) is 3.13. The minimum absolute atomic E-state index is 0.0104. The van der Waals surface area contributed by atoms with Crippen LogP contribution in [0.3, 0.4) is 0 Å². The third-order valence-corrected chi connectivity index (χ3v) is 3.68. The molecule has 1 aliphatic carbocycles. The molecule has 1 amide bonds. The van der Waals surface area contributed by atoms with E-state index < -0.39 is 11.3 Å². The van der Waals surface area contributed by atoms with E-state index in [9.17, 15) is 9.59 Å². The van der Waals surface area contributed by atoms with E-state index in [1.807, 2.05) is 12.2 Å². The molecule has 3 atom stereocenters. The molecular weight excluding hydrogens is 188 g/mol. The van der Waals surface area contributed by atoms with Crippen LogP contribution in [0, 0.1) is 0 Å². The molecule has 70 valence electrons. The molecule has 0 radical (unpaired) electrons. The summed E-state index contributed by atoms with van der Waals surface area (Å²) in [5, 5.41) is 2.47. The largest absolute Gasteiger partial charge is 0.368 e. The maximum atomic E-state index is 11.4. The van der Waals surface area contributed by atoms with Crippen LogP contribution in [0.5, 0.6) is 0 Å². The van der Waals surface area contributed by atoms with Gasteiger partial charge in [0, 0.05) is 12.5 Å². The summed E-state index contributed by atoms with van der Waals surface area (Å²) in [7, 11) is 0. The second-order valence-corrected chi connectivity index (χ2v) is 4.38. The summed E-state index contributed by atoms with van der Waals surface area (Å²) in [6, 6.07) is -0.0104. The third-order valence-electron chi connectivity index (χ3n) is 2.19. The number of hydrogen-bond acceptors (Lipinski definition) is 4. The van der Waals surface area contributed by atoms with E-state index in [0.717, 1.165) is 0 Å². The summed E-state index contributed by atoms with van der Waals surface area (Å²) >= 11 is 1.32. The van der Waals surface area contributed by atoms with Crippen LogP contribution in [0.1, 0.15) is 6.42 Å². The van der Waals surface area contributed by atoms with Gasteiger partial charge >= 0.3 is 0 Å². The zero-order valence-corrected chi connectivity index (χ0v) is 7.71. The number of nitrogens with one attached hydrogen (secondary N) is 1. The van der Waals surface area contributed by atoms with Crippen LogP contribution in [0.15, 0.2) is 12.2 Å². The van der Waals surface area contributed by atoms with Gasteiger partial charge < -0.3 is 5.73 Å². The van der Waals surface area contributed by atoms with Crippen LogP contribution < -0.4 is 11.1 Å². The number of ketones is 1. The number of thioether (sulfide) groups is 1. The topological polar surface area (TPSA) is 72.2 Å². The lowest BCUT2D eigenvalue weighted by molar-refractivity contribution is -0.119. The van der Waals surface area contributed by atoms with Crippen molar-refractivity contribution in [3.8, 4) is 0 Å². The van der Waals surface area contributed by atoms with Gasteiger partial charge in [-0.05, 0) is 0 Å². The Morgan fingerprint density at radius 3 is 3.08 bits per heavy atom. The Hall–Kier alpha value is -0.810. The lowest BCUT2D eigenvalue weighted by Crippen LogP contribution is -2.40. The average Bonchev–Trinajstić information content (AvgIpc) is 2.49. The fraction of sp³-hybridized carbons (Fsp3) is 0.500. The zero-order valence-electron chi connectivity index (χ0n) is 6.90. The zero-order chi connectivity index (χ0) is 9.42. The normalized spacial score (nSPS) is 37.5. The van der Waals surface area contributed by atoms with Crippen molar-refractivity contribution >= 4 is 23.5 Å². The summed E-state index contributed by atoms with van der Waals surface area (Å²) in [6.07, 6.45) is 4.24. The van der Waals surface area contributed by atoms with Gasteiger partial charge in [-0.2, -0.15) is 0 Å². The number of carbonyl (C=O) groups excluding carboxylic acids is 2. The van der Waals surface area contributed by atoms with Gasteiger partial charge in [0.1, 0.15) is 5.37 Å². The molecule has 0 aromatic carbocycles. The Morgan fingerprint density at radius 2 is 2.46 bits per heavy atom. The smallest absolute Gasteiger partial charge is 0.244 e. The molecule has 0 saturated carbocycles. The average molecular weight is 198 g/mol. The van der Waals surface area contributed by atoms with Crippen LogP contribution >= 0.6 is 11.8 Å². The molecule has 1 saturated heterocycles. The van der Waals surface area contributed by atoms with Crippen LogP contribution in [0.2, 0.25) is 0 Å². The first-order chi connectivity index (χ1) is 6.18. The summed E-state index contributed by atoms with van der Waals surface area (Å²) in [4.78, 5) is 22.2. The fourth-order valence-corrected chi connectivity index (χ4v) is 2.81. The highest BCUT2D eigenvalue weighted by molar-refractivity contribution is 8.02. The lowest BCUT2D eigenvalue weighted by Gasteiger charge is -2.16. The maximum absolute atomic E-state index is 11.4. The summed E-state index contributed by atoms with van der Waals surface area (Å²) in [6.45, 7) is 0. The van der Waals surface area contributed by atoms with Gasteiger partial charge in [0.2, 0.25) is 5.91 Å². The molecule has 1 aliphatic heterocycles. The van der Waals surface area contributed by atoms with Crippen molar-refractivity contribution < 1.29 is 9.59 Å². The standard InChI is InChI=1S/C8H10N2O2S/c9-7(12)8-10-4-2-1-3-5(11)6(4)13-8/h1-2,4,6,8,10H,3H2,(H2,9,12). The number of fused-ring (bicyclic) bond motifs is 1. The summed E-state index contributed by atoms with van der Waals surface area (Å²) in [5.41, 5.74) is 5.14. The molecule has 5 heteroatoms. The van der Waals surface area contributed by atoms with Crippen molar-refractivity contribution in [3.05, 3.63) is 12.2 Å². The van der Waals surface area contributed by atoms with Crippen molar-refractivity contribution in [1.29, 1.82) is 0 Å². The van der Waals surface area contributed by atoms with E-state index in [0.29, 0.717) is 6.42 Å². The highest BCUT2D eigenvalue weighted by atomic mass is 32.2. The Kier molecular flexibility index (Phi) is 2.13. The van der Waals surface area contributed by atoms with Gasteiger partial charge in [0.15, 0.2) is 5.78 Å². The number of primary amides is 1. The maximum Gasteiger partial charge on any atom is 0.244 e. The molecule has 0 aromatic heterocycles. The van der Waals surface area contributed by atoms with Gasteiger partial charge in [0.05, 0.1) is 5.25 Å². The minimum atomic E-state index is -0.415. The minimum Gasteiger partial charge on any atom is -0.368 e. The van der Waals surface area contributed by atoms with Gasteiger partial charge in [-0.15, -0.1) is 11.8 Å². The van der Waals surface area contributed by atoms with Crippen molar-refractivity contribution in [3.63, 3.8) is 0 Å². The molecule has 4 nitrogen and oxygen atoms in total. The third kappa shape index (κ3) is 1.49. The van der Waals surface area contributed by atoms with Crippen molar-refractivity contribution in [2.45, 2.75) is 23.1 Å². The predicted molar refractivity (Wildman–Crippen MR) is 50.0 cm³/mol. The van der Waals surface area contributed by atoms with Crippen LogP contribution in [0.25, 0.3) is 0 Å². The monoisotopic (exact) mass is 198 g/mol. The Labute approximate surface area is 79.9 Å². The molecule has 0 aromatic rings. The highest BCUT2D eigenvalue weighted by Crippen LogP contribution is 2.31. The highest BCUT2D eigenvalue weighted by Gasteiger charge is 2.40. The van der Waals surface area contributed by atoms with Crippen LogP contribution in [-0.2, 0) is 9.59 Å². The molecular formula is C8H10N2O2S. The second kappa shape index (κ2) is 3.16. The Bertz CT molecular complexity index is 290. The number of amides is 1. The van der Waals surface area contributed by atoms with Crippen LogP contribution in [-0.4, -0.2) is 28.4 Å². The van der Waals surface area contributed by atoms with E-state index in [4.69, 9.17) is 5.73 Å². The fourth-order valence-electron chi connectivity index (χ4n) is 1.56. The van der Waals surface area contributed by atoms with Gasteiger partial charge in [-0.25, -0.2) is 0 Å². The molecule has 2 aliphatic rings. The molecule has 3 unspecified atom stereocenters. The van der Waals surface area contributed by atoms with E-state index in [1.54, 1.807) is 0 Å². The van der Waals surface area contributed by atoms with E-state index >= 15 is 0 Å². The first-order valence-electron chi connectivity index (χ1n) is 4.08. The SMILES string of the molecule is NC(=O)C1NC2C=CCC(=O)C2S1. The van der Waals surface area contributed by atoms with E-state index in [2.05, 4.69) is 5.32 Å². The van der Waals surface area contributed by atoms with Gasteiger partial charge in [-0.1, -0.05) is 12.2 Å². The van der Waals surface area contributed by atoms with Gasteiger partial charge in [0.25, 0.3) is 0 Å². The molecule has 3 N–H and O–H groups in total. The molecule has 2 rings (SSSR count). The Morgan fingerprint density at radius 1 is 1.69 bits per heavy atom. The molecule has 0 spiro atoms. The van der Waals surface area contributed by atoms with Gasteiger partial charge in [-0.3, -0.25) is 14.9 Å². The van der Waals surface area contributed by atoms with Crippen molar-refractivity contribution in [2.24, 2.45) is 5.73 Å². The van der Waals surface area contributed by atoms with E-state index in [-0.39, 0.29) is 17.1 Å². The summed E-state index contributed by atoms with van der Waals surface area (Å²) in [5.74, 6) is -0.227. The van der Waals surface area contributed by atoms with Crippen molar-refractivity contribution in [2.75, 3.05) is 0 Å². The molecule has 0 bridgehead atoms. The Balaban J connectivity index is 2.14. The number of carbonyl (C=O) groups is 2. The van der Waals surface area contributed by atoms with E-state index in [1.165, 1.54) is 11.8 Å². The van der Waals surface area contributed by atoms with Crippen LogP contribution in [0.4, 0.5) is 0 Å². The number of rotatable bonds is 1. The van der Waals surface area contributed by atoms with Crippen molar-refractivity contribution in [1.82, 2.24) is 5.32 Å². The quantitative estimate of drug-likeness (QED) is 0.552. The predicted octanol–water partition coefficient (Wildman–Crippen LogP) is -0.600.